The maximum atomic E-state index is 11.1. The molecule has 0 unspecified atom stereocenters. The number of aliphatic imine (C=N–C) groups is 1. The van der Waals surface area contributed by atoms with E-state index in [4.69, 9.17) is 9.47 Å². The molecule has 2 aromatic carbocycles. The third-order valence-corrected chi connectivity index (χ3v) is 2.70. The molecule has 0 aliphatic heterocycles. The summed E-state index contributed by atoms with van der Waals surface area (Å²) in [6.07, 6.45) is 2.86. The molecule has 0 aliphatic carbocycles. The molecule has 0 aliphatic rings. The van der Waals surface area contributed by atoms with E-state index in [1.54, 1.807) is 25.5 Å². The van der Waals surface area contributed by atoms with E-state index in [1.165, 1.54) is 0 Å². The van der Waals surface area contributed by atoms with Crippen LogP contribution in [0.5, 0.6) is 11.5 Å². The largest absolute Gasteiger partial charge is 0.497 e. The number of hydrogen-bond donors (Lipinski definition) is 0. The summed E-state index contributed by atoms with van der Waals surface area (Å²) in [6, 6.07) is 14.5. The minimum atomic E-state index is -0.477. The average Bonchev–Trinajstić information content (AvgIpc) is 2.54. The van der Waals surface area contributed by atoms with Gasteiger partial charge in [0.1, 0.15) is 11.5 Å². The summed E-state index contributed by atoms with van der Waals surface area (Å²) < 4.78 is 10.1. The lowest BCUT2D eigenvalue weighted by molar-refractivity contribution is -0.128. The molecule has 2 rings (SSSR count). The average molecular weight is 281 g/mol. The Hall–Kier alpha value is -2.88. The van der Waals surface area contributed by atoms with Crippen molar-refractivity contribution < 1.29 is 14.3 Å². The standard InChI is InChI=1S/C17H15NO3/c1-3-17(19)21-16-8-4-13(5-9-16)12-18-14-6-10-15(20-2)11-7-14/h3-12H,1H2,2H3. The van der Waals surface area contributed by atoms with Gasteiger partial charge in [-0.1, -0.05) is 6.58 Å². The smallest absolute Gasteiger partial charge is 0.335 e. The molecule has 4 heteroatoms. The Morgan fingerprint density at radius 2 is 1.67 bits per heavy atom. The Morgan fingerprint density at radius 3 is 2.24 bits per heavy atom. The van der Waals surface area contributed by atoms with Crippen LogP contribution in [-0.4, -0.2) is 19.3 Å². The van der Waals surface area contributed by atoms with Crippen molar-refractivity contribution >= 4 is 17.9 Å². The number of methoxy groups -OCH3 is 1. The fraction of sp³-hybridized carbons (Fsp3) is 0.0588. The minimum absolute atomic E-state index is 0.474. The summed E-state index contributed by atoms with van der Waals surface area (Å²) in [5.41, 5.74) is 1.74. The maximum Gasteiger partial charge on any atom is 0.335 e. The molecule has 0 aromatic heterocycles. The van der Waals surface area contributed by atoms with Gasteiger partial charge in [0.25, 0.3) is 0 Å². The number of nitrogens with zero attached hydrogens (tertiary/aromatic N) is 1. The first-order valence-electron chi connectivity index (χ1n) is 6.33. The molecule has 0 radical (unpaired) electrons. The first-order valence-corrected chi connectivity index (χ1v) is 6.33. The van der Waals surface area contributed by atoms with Crippen LogP contribution in [-0.2, 0) is 4.79 Å². The van der Waals surface area contributed by atoms with E-state index in [1.807, 2.05) is 36.4 Å². The van der Waals surface area contributed by atoms with Crippen LogP contribution in [0.25, 0.3) is 0 Å². The van der Waals surface area contributed by atoms with Gasteiger partial charge in [-0.3, -0.25) is 4.99 Å². The number of esters is 1. The Kier molecular flexibility index (Phi) is 4.88. The Balaban J connectivity index is 2.03. The van der Waals surface area contributed by atoms with E-state index in [0.29, 0.717) is 5.75 Å². The highest BCUT2D eigenvalue weighted by Gasteiger charge is 1.98. The summed E-state index contributed by atoms with van der Waals surface area (Å²) in [5.74, 6) is 0.790. The van der Waals surface area contributed by atoms with E-state index >= 15 is 0 Å². The quantitative estimate of drug-likeness (QED) is 0.364. The summed E-state index contributed by atoms with van der Waals surface area (Å²) >= 11 is 0. The molecule has 0 fully saturated rings. The topological polar surface area (TPSA) is 47.9 Å². The lowest BCUT2D eigenvalue weighted by atomic mass is 10.2. The summed E-state index contributed by atoms with van der Waals surface area (Å²) in [4.78, 5) is 15.4. The predicted molar refractivity (Wildman–Crippen MR) is 82.5 cm³/mol. The summed E-state index contributed by atoms with van der Waals surface area (Å²) in [6.45, 7) is 3.35. The van der Waals surface area contributed by atoms with Crippen molar-refractivity contribution in [3.05, 3.63) is 66.7 Å². The number of benzene rings is 2. The van der Waals surface area contributed by atoms with Gasteiger partial charge >= 0.3 is 5.97 Å². The van der Waals surface area contributed by atoms with Crippen molar-refractivity contribution in [2.75, 3.05) is 7.11 Å². The van der Waals surface area contributed by atoms with Crippen molar-refractivity contribution in [2.45, 2.75) is 0 Å². The zero-order valence-corrected chi connectivity index (χ0v) is 11.7. The van der Waals surface area contributed by atoms with Gasteiger partial charge in [0.05, 0.1) is 12.8 Å². The SMILES string of the molecule is C=CC(=O)Oc1ccc(C=Nc2ccc(OC)cc2)cc1. The number of carbonyl (C=O) groups excluding carboxylic acids is 1. The van der Waals surface area contributed by atoms with Crippen LogP contribution >= 0.6 is 0 Å². The molecular formula is C17H15NO3. The van der Waals surface area contributed by atoms with Crippen molar-refractivity contribution in [1.29, 1.82) is 0 Å². The van der Waals surface area contributed by atoms with E-state index in [-0.39, 0.29) is 0 Å². The molecule has 0 N–H and O–H groups in total. The molecule has 0 saturated heterocycles. The van der Waals surface area contributed by atoms with E-state index in [0.717, 1.165) is 23.1 Å². The lowest BCUT2D eigenvalue weighted by Crippen LogP contribution is -2.02. The molecular weight excluding hydrogens is 266 g/mol. The highest BCUT2D eigenvalue weighted by atomic mass is 16.5. The summed E-state index contributed by atoms with van der Waals surface area (Å²) in [7, 11) is 1.62. The zero-order valence-electron chi connectivity index (χ0n) is 11.7. The monoisotopic (exact) mass is 281 g/mol. The number of hydrogen-bond acceptors (Lipinski definition) is 4. The molecule has 106 valence electrons. The maximum absolute atomic E-state index is 11.1. The van der Waals surface area contributed by atoms with Crippen molar-refractivity contribution in [1.82, 2.24) is 0 Å². The second-order valence-corrected chi connectivity index (χ2v) is 4.15. The van der Waals surface area contributed by atoms with Crippen LogP contribution in [0.3, 0.4) is 0 Å². The van der Waals surface area contributed by atoms with Gasteiger partial charge in [-0.2, -0.15) is 0 Å². The van der Waals surface area contributed by atoms with Crippen molar-refractivity contribution in [3.63, 3.8) is 0 Å². The molecule has 0 bridgehead atoms. The fourth-order valence-corrected chi connectivity index (χ4v) is 1.60. The van der Waals surface area contributed by atoms with Crippen molar-refractivity contribution in [3.8, 4) is 11.5 Å². The lowest BCUT2D eigenvalue weighted by Gasteiger charge is -2.01. The van der Waals surface area contributed by atoms with Gasteiger partial charge in [0.15, 0.2) is 0 Å². The minimum Gasteiger partial charge on any atom is -0.497 e. The van der Waals surface area contributed by atoms with Gasteiger partial charge in [0, 0.05) is 12.3 Å². The van der Waals surface area contributed by atoms with Crippen LogP contribution in [0.4, 0.5) is 5.69 Å². The molecule has 0 atom stereocenters. The van der Waals surface area contributed by atoms with Gasteiger partial charge in [-0.05, 0) is 54.1 Å². The van der Waals surface area contributed by atoms with Gasteiger partial charge < -0.3 is 9.47 Å². The second kappa shape index (κ2) is 7.05. The highest BCUT2D eigenvalue weighted by Crippen LogP contribution is 2.18. The fourth-order valence-electron chi connectivity index (χ4n) is 1.60. The van der Waals surface area contributed by atoms with E-state index in [2.05, 4.69) is 11.6 Å². The molecule has 0 heterocycles. The number of ether oxygens (including phenoxy) is 2. The molecule has 4 nitrogen and oxygen atoms in total. The summed E-state index contributed by atoms with van der Waals surface area (Å²) in [5, 5.41) is 0. The highest BCUT2D eigenvalue weighted by molar-refractivity contribution is 5.84. The Morgan fingerprint density at radius 1 is 1.05 bits per heavy atom. The third-order valence-electron chi connectivity index (χ3n) is 2.70. The molecule has 0 amide bonds. The number of carbonyl (C=O) groups is 1. The van der Waals surface area contributed by atoms with Crippen LogP contribution in [0.1, 0.15) is 5.56 Å². The molecule has 0 spiro atoms. The zero-order chi connectivity index (χ0) is 15.1. The van der Waals surface area contributed by atoms with Crippen LogP contribution in [0, 0.1) is 0 Å². The molecule has 21 heavy (non-hydrogen) atoms. The normalized spacial score (nSPS) is 10.3. The van der Waals surface area contributed by atoms with Crippen LogP contribution < -0.4 is 9.47 Å². The third kappa shape index (κ3) is 4.31. The molecule has 0 saturated carbocycles. The van der Waals surface area contributed by atoms with E-state index in [9.17, 15) is 4.79 Å². The second-order valence-electron chi connectivity index (χ2n) is 4.15. The first kappa shape index (κ1) is 14.5. The Bertz CT molecular complexity index is 643. The Labute approximate surface area is 123 Å². The van der Waals surface area contributed by atoms with Crippen LogP contribution in [0.2, 0.25) is 0 Å². The van der Waals surface area contributed by atoms with Crippen molar-refractivity contribution in [2.24, 2.45) is 4.99 Å². The van der Waals surface area contributed by atoms with Gasteiger partial charge in [0.2, 0.25) is 0 Å². The van der Waals surface area contributed by atoms with Crippen LogP contribution in [0.15, 0.2) is 66.2 Å². The number of rotatable bonds is 5. The molecule has 2 aromatic rings. The van der Waals surface area contributed by atoms with Gasteiger partial charge in [-0.15, -0.1) is 0 Å². The van der Waals surface area contributed by atoms with Gasteiger partial charge in [-0.25, -0.2) is 4.79 Å². The first-order chi connectivity index (χ1) is 10.2. The van der Waals surface area contributed by atoms with E-state index < -0.39 is 5.97 Å². The predicted octanol–water partition coefficient (Wildman–Crippen LogP) is 3.54.